The van der Waals surface area contributed by atoms with Crippen molar-refractivity contribution in [3.8, 4) is 0 Å². The maximum atomic E-state index is 12.8. The Balaban J connectivity index is 2.51. The third-order valence-corrected chi connectivity index (χ3v) is 5.43. The van der Waals surface area contributed by atoms with E-state index >= 15 is 0 Å². The third-order valence-electron chi connectivity index (χ3n) is 3.12. The lowest BCUT2D eigenvalue weighted by Gasteiger charge is -2.25. The highest BCUT2D eigenvalue weighted by molar-refractivity contribution is 7.54. The van der Waals surface area contributed by atoms with Crippen molar-refractivity contribution in [3.63, 3.8) is 0 Å². The Bertz CT molecular complexity index is 824. The number of nitrogens with one attached hydrogen (secondary N) is 3. The van der Waals surface area contributed by atoms with Gasteiger partial charge in [0.1, 0.15) is 0 Å². The van der Waals surface area contributed by atoms with Crippen LogP contribution in [-0.2, 0) is 13.6 Å². The van der Waals surface area contributed by atoms with Crippen LogP contribution in [0.5, 0.6) is 0 Å². The minimum atomic E-state index is -3.72. The van der Waals surface area contributed by atoms with Crippen LogP contribution in [0.25, 0.3) is 0 Å². The Morgan fingerprint density at radius 2 is 1.78 bits per heavy atom. The molecule has 0 saturated heterocycles. The summed E-state index contributed by atoms with van der Waals surface area (Å²) in [5.41, 5.74) is -0.825. The van der Waals surface area contributed by atoms with Gasteiger partial charge in [-0.1, -0.05) is 11.6 Å². The van der Waals surface area contributed by atoms with Crippen molar-refractivity contribution in [2.45, 2.75) is 5.78 Å². The molecule has 0 aliphatic carbocycles. The summed E-state index contributed by atoms with van der Waals surface area (Å²) in [5, 5.41) is 3.44. The average molecular weight is 360 g/mol. The molecule has 1 aromatic heterocycles. The second-order valence-electron chi connectivity index (χ2n) is 4.49. The van der Waals surface area contributed by atoms with Crippen molar-refractivity contribution < 1.29 is 13.6 Å². The van der Waals surface area contributed by atoms with Gasteiger partial charge in [0, 0.05) is 31.1 Å². The molecule has 2 rings (SSSR count). The van der Waals surface area contributed by atoms with Crippen LogP contribution >= 0.6 is 19.2 Å². The second kappa shape index (κ2) is 7.14. The van der Waals surface area contributed by atoms with Crippen molar-refractivity contribution in [2.24, 2.45) is 0 Å². The van der Waals surface area contributed by atoms with Gasteiger partial charge in [0.05, 0.1) is 5.56 Å². The molecule has 3 N–H and O–H groups in total. The lowest BCUT2D eigenvalue weighted by Crippen LogP contribution is -2.29. The van der Waals surface area contributed by atoms with Gasteiger partial charge in [0.2, 0.25) is 0 Å². The summed E-state index contributed by atoms with van der Waals surface area (Å²) < 4.78 is 22.8. The molecule has 0 fully saturated rings. The van der Waals surface area contributed by atoms with Gasteiger partial charge >= 0.3 is 13.3 Å². The summed E-state index contributed by atoms with van der Waals surface area (Å²) in [7, 11) is -1.30. The van der Waals surface area contributed by atoms with E-state index in [9.17, 15) is 14.2 Å². The highest BCUT2D eigenvalue weighted by Gasteiger charge is 2.37. The van der Waals surface area contributed by atoms with Gasteiger partial charge in [-0.05, 0) is 24.3 Å². The summed E-state index contributed by atoms with van der Waals surface area (Å²) in [6, 6.07) is 6.54. The van der Waals surface area contributed by atoms with E-state index in [1.165, 1.54) is 20.4 Å². The summed E-state index contributed by atoms with van der Waals surface area (Å²) in [6.45, 7) is 0. The molecule has 0 saturated carbocycles. The average Bonchev–Trinajstić information content (AvgIpc) is 2.54. The van der Waals surface area contributed by atoms with Crippen molar-refractivity contribution in [1.82, 2.24) is 9.97 Å². The fourth-order valence-electron chi connectivity index (χ4n) is 1.94. The lowest BCUT2D eigenvalue weighted by atomic mass is 10.3. The van der Waals surface area contributed by atoms with E-state index in [1.807, 2.05) is 0 Å². The molecule has 0 aliphatic heterocycles. The van der Waals surface area contributed by atoms with Gasteiger partial charge in [-0.3, -0.25) is 14.3 Å². The number of hydrogen-bond donors (Lipinski definition) is 3. The highest BCUT2D eigenvalue weighted by atomic mass is 35.5. The molecule has 1 atom stereocenters. The molecular weight excluding hydrogens is 345 g/mol. The molecule has 8 nitrogen and oxygen atoms in total. The number of H-pyrrole nitrogens is 2. The van der Waals surface area contributed by atoms with E-state index in [4.69, 9.17) is 20.6 Å². The normalized spacial score (nSPS) is 12.8. The van der Waals surface area contributed by atoms with Crippen LogP contribution in [0.3, 0.4) is 0 Å². The number of hydrogen-bond acceptors (Lipinski definition) is 6. The van der Waals surface area contributed by atoms with Crippen LogP contribution in [0, 0.1) is 0 Å². The first kappa shape index (κ1) is 17.5. The van der Waals surface area contributed by atoms with Gasteiger partial charge in [0.25, 0.3) is 5.56 Å². The van der Waals surface area contributed by atoms with Gasteiger partial charge in [0.15, 0.2) is 5.78 Å². The molecule has 23 heavy (non-hydrogen) atoms. The number of aromatic nitrogens is 2. The van der Waals surface area contributed by atoms with Crippen LogP contribution in [0.15, 0.2) is 40.1 Å². The van der Waals surface area contributed by atoms with Crippen LogP contribution in [-0.4, -0.2) is 24.2 Å². The summed E-state index contributed by atoms with van der Waals surface area (Å²) in [4.78, 5) is 27.6. The smallest absolute Gasteiger partial charge is 0.356 e. The van der Waals surface area contributed by atoms with E-state index in [2.05, 4.69) is 15.3 Å². The Kier molecular flexibility index (Phi) is 5.43. The van der Waals surface area contributed by atoms with Crippen molar-refractivity contribution in [1.29, 1.82) is 0 Å². The summed E-state index contributed by atoms with van der Waals surface area (Å²) in [6.07, 6.45) is 1.17. The Morgan fingerprint density at radius 3 is 2.30 bits per heavy atom. The first-order valence-corrected chi connectivity index (χ1v) is 8.44. The van der Waals surface area contributed by atoms with Crippen LogP contribution < -0.4 is 16.6 Å². The zero-order valence-electron chi connectivity index (χ0n) is 12.3. The van der Waals surface area contributed by atoms with E-state index in [-0.39, 0.29) is 5.56 Å². The van der Waals surface area contributed by atoms with Gasteiger partial charge in [-0.25, -0.2) is 4.79 Å². The van der Waals surface area contributed by atoms with Crippen LogP contribution in [0.4, 0.5) is 5.69 Å². The predicted octanol–water partition coefficient (Wildman–Crippen LogP) is 2.31. The van der Waals surface area contributed by atoms with Gasteiger partial charge < -0.3 is 19.3 Å². The number of halogens is 1. The molecule has 10 heteroatoms. The zero-order chi connectivity index (χ0) is 17.0. The van der Waals surface area contributed by atoms with Crippen molar-refractivity contribution in [3.05, 3.63) is 61.9 Å². The maximum Gasteiger partial charge on any atom is 0.356 e. The van der Waals surface area contributed by atoms with E-state index < -0.39 is 24.6 Å². The molecule has 1 unspecified atom stereocenters. The Morgan fingerprint density at radius 1 is 1.17 bits per heavy atom. The molecule has 0 radical (unpaired) electrons. The molecule has 0 amide bonds. The SMILES string of the molecule is COP(=O)(OC)C(Nc1ccc(Cl)cc1)c1c[nH]c(=O)[nH]c1=O. The minimum Gasteiger partial charge on any atom is -0.368 e. The fourth-order valence-corrected chi connectivity index (χ4v) is 3.48. The predicted molar refractivity (Wildman–Crippen MR) is 87.1 cm³/mol. The first-order valence-electron chi connectivity index (χ1n) is 6.45. The molecule has 0 aliphatic rings. The third kappa shape index (κ3) is 3.92. The van der Waals surface area contributed by atoms with Crippen molar-refractivity contribution in [2.75, 3.05) is 19.5 Å². The fraction of sp³-hybridized carbons (Fsp3) is 0.231. The van der Waals surface area contributed by atoms with E-state index in [0.29, 0.717) is 10.7 Å². The van der Waals surface area contributed by atoms with E-state index in [1.54, 1.807) is 24.3 Å². The monoisotopic (exact) mass is 359 g/mol. The van der Waals surface area contributed by atoms with Crippen LogP contribution in [0.1, 0.15) is 11.3 Å². The van der Waals surface area contributed by atoms with E-state index in [0.717, 1.165) is 0 Å². The molecule has 2 aromatic rings. The number of aromatic amines is 2. The molecular formula is C13H15ClN3O5P. The molecule has 124 valence electrons. The van der Waals surface area contributed by atoms with Crippen molar-refractivity contribution >= 4 is 24.9 Å². The van der Waals surface area contributed by atoms with Gasteiger partial charge in [-0.15, -0.1) is 0 Å². The largest absolute Gasteiger partial charge is 0.368 e. The molecule has 0 bridgehead atoms. The topological polar surface area (TPSA) is 113 Å². The first-order chi connectivity index (χ1) is 10.9. The maximum absolute atomic E-state index is 12.8. The Hall–Kier alpha value is -1.86. The molecule has 1 heterocycles. The quantitative estimate of drug-likeness (QED) is 0.682. The lowest BCUT2D eigenvalue weighted by molar-refractivity contribution is 0.268. The number of benzene rings is 1. The minimum absolute atomic E-state index is 0.00610. The standard InChI is InChI=1S/C13H15ClN3O5P/c1-21-23(20,22-2)12(10-7-15-13(19)17-11(10)18)16-9-5-3-8(14)4-6-9/h3-7,12,16H,1-2H3,(H2,15,17,18,19). The van der Waals surface area contributed by atoms with Crippen LogP contribution in [0.2, 0.25) is 5.02 Å². The highest BCUT2D eigenvalue weighted by Crippen LogP contribution is 2.58. The number of rotatable bonds is 6. The molecule has 0 spiro atoms. The molecule has 1 aromatic carbocycles. The zero-order valence-corrected chi connectivity index (χ0v) is 14.0. The Labute approximate surface area is 136 Å². The second-order valence-corrected chi connectivity index (χ2v) is 7.25. The van der Waals surface area contributed by atoms with Gasteiger partial charge in [-0.2, -0.15) is 0 Å². The number of anilines is 1. The summed E-state index contributed by atoms with van der Waals surface area (Å²) >= 11 is 5.83. The summed E-state index contributed by atoms with van der Waals surface area (Å²) in [5.74, 6) is -1.13.